The van der Waals surface area contributed by atoms with Crippen LogP contribution in [0.2, 0.25) is 0 Å². The minimum atomic E-state index is -0.480. The van der Waals surface area contributed by atoms with Crippen LogP contribution in [-0.2, 0) is 11.8 Å². The first-order chi connectivity index (χ1) is 6.50. The molecule has 1 atom stereocenters. The molecule has 5 nitrogen and oxygen atoms in total. The van der Waals surface area contributed by atoms with E-state index in [0.717, 1.165) is 0 Å². The van der Waals surface area contributed by atoms with Crippen molar-refractivity contribution < 1.29 is 4.79 Å². The van der Waals surface area contributed by atoms with E-state index in [4.69, 9.17) is 18.0 Å². The van der Waals surface area contributed by atoms with Crippen LogP contribution in [0, 0.1) is 5.92 Å². The fourth-order valence-electron chi connectivity index (χ4n) is 0.845. The number of nitrogens with one attached hydrogen (secondary N) is 1. The average Bonchev–Trinajstić information content (AvgIpc) is 2.49. The zero-order valence-electron chi connectivity index (χ0n) is 8.02. The lowest BCUT2D eigenvalue weighted by Gasteiger charge is -2.07. The van der Waals surface area contributed by atoms with Gasteiger partial charge in [0.25, 0.3) is 0 Å². The van der Waals surface area contributed by atoms with Gasteiger partial charge in [-0.2, -0.15) is 5.10 Å². The normalized spacial score (nSPS) is 12.1. The third-order valence-corrected chi connectivity index (χ3v) is 2.14. The Morgan fingerprint density at radius 3 is 2.86 bits per heavy atom. The standard InChI is InChI=1S/C8H12N4OS/c1-5(7(9)14)8(13)10-6-3-4-12(2)11-6/h3-5H,1-2H3,(H2,9,14)(H,10,11,13). The smallest absolute Gasteiger partial charge is 0.235 e. The summed E-state index contributed by atoms with van der Waals surface area (Å²) in [5.74, 6) is -0.219. The number of amides is 1. The summed E-state index contributed by atoms with van der Waals surface area (Å²) in [5, 5.41) is 6.60. The van der Waals surface area contributed by atoms with Gasteiger partial charge in [0.15, 0.2) is 5.82 Å². The summed E-state index contributed by atoms with van der Waals surface area (Å²) in [6, 6.07) is 1.70. The van der Waals surface area contributed by atoms with Gasteiger partial charge in [0.05, 0.1) is 10.9 Å². The van der Waals surface area contributed by atoms with Crippen LogP contribution in [0.5, 0.6) is 0 Å². The summed E-state index contributed by atoms with van der Waals surface area (Å²) in [4.78, 5) is 11.6. The first-order valence-electron chi connectivity index (χ1n) is 4.10. The maximum atomic E-state index is 11.4. The molecular formula is C8H12N4OS. The Kier molecular flexibility index (Phi) is 3.19. The SMILES string of the molecule is CC(C(=O)Nc1ccn(C)n1)C(N)=S. The molecule has 0 radical (unpaired) electrons. The number of anilines is 1. The van der Waals surface area contributed by atoms with Crippen LogP contribution in [0.1, 0.15) is 6.92 Å². The van der Waals surface area contributed by atoms with Crippen molar-refractivity contribution in [2.75, 3.05) is 5.32 Å². The molecule has 1 unspecified atom stereocenters. The Morgan fingerprint density at radius 1 is 1.79 bits per heavy atom. The van der Waals surface area contributed by atoms with E-state index in [1.54, 1.807) is 30.9 Å². The predicted octanol–water partition coefficient (Wildman–Crippen LogP) is 0.281. The minimum Gasteiger partial charge on any atom is -0.393 e. The molecule has 3 N–H and O–H groups in total. The number of hydrogen-bond acceptors (Lipinski definition) is 3. The van der Waals surface area contributed by atoms with E-state index in [1.165, 1.54) is 0 Å². The number of hydrogen-bond donors (Lipinski definition) is 2. The molecule has 0 fully saturated rings. The van der Waals surface area contributed by atoms with Crippen molar-refractivity contribution in [3.05, 3.63) is 12.3 Å². The van der Waals surface area contributed by atoms with Crippen LogP contribution in [0.25, 0.3) is 0 Å². The average molecular weight is 212 g/mol. The van der Waals surface area contributed by atoms with Crippen molar-refractivity contribution in [2.45, 2.75) is 6.92 Å². The van der Waals surface area contributed by atoms with Crippen LogP contribution >= 0.6 is 12.2 Å². The maximum Gasteiger partial charge on any atom is 0.235 e. The predicted molar refractivity (Wildman–Crippen MR) is 57.8 cm³/mol. The highest BCUT2D eigenvalue weighted by molar-refractivity contribution is 7.80. The highest BCUT2D eigenvalue weighted by atomic mass is 32.1. The van der Waals surface area contributed by atoms with Crippen molar-refractivity contribution in [2.24, 2.45) is 18.7 Å². The van der Waals surface area contributed by atoms with E-state index in [-0.39, 0.29) is 10.9 Å². The van der Waals surface area contributed by atoms with E-state index in [1.807, 2.05) is 0 Å². The van der Waals surface area contributed by atoms with E-state index < -0.39 is 5.92 Å². The molecule has 1 amide bonds. The fourth-order valence-corrected chi connectivity index (χ4v) is 0.952. The Morgan fingerprint density at radius 2 is 2.43 bits per heavy atom. The molecule has 0 aliphatic heterocycles. The Balaban J connectivity index is 2.61. The number of carbonyl (C=O) groups is 1. The van der Waals surface area contributed by atoms with Gasteiger partial charge in [0, 0.05) is 19.3 Å². The van der Waals surface area contributed by atoms with Crippen molar-refractivity contribution in [1.29, 1.82) is 0 Å². The van der Waals surface area contributed by atoms with E-state index in [9.17, 15) is 4.79 Å². The number of rotatable bonds is 3. The number of aryl methyl sites for hydroxylation is 1. The number of thiocarbonyl (C=S) groups is 1. The summed E-state index contributed by atoms with van der Waals surface area (Å²) in [6.07, 6.45) is 1.74. The molecule has 14 heavy (non-hydrogen) atoms. The lowest BCUT2D eigenvalue weighted by molar-refractivity contribution is -0.117. The molecule has 0 saturated heterocycles. The maximum absolute atomic E-state index is 11.4. The summed E-state index contributed by atoms with van der Waals surface area (Å²) in [5.41, 5.74) is 5.34. The first kappa shape index (κ1) is 10.6. The monoisotopic (exact) mass is 212 g/mol. The Bertz CT molecular complexity index is 360. The van der Waals surface area contributed by atoms with Gasteiger partial charge >= 0.3 is 0 Å². The summed E-state index contributed by atoms with van der Waals surface area (Å²) in [7, 11) is 1.77. The van der Waals surface area contributed by atoms with Crippen LogP contribution in [0.4, 0.5) is 5.82 Å². The molecule has 1 aromatic heterocycles. The molecule has 0 aromatic carbocycles. The minimum absolute atomic E-state index is 0.179. The van der Waals surface area contributed by atoms with Gasteiger partial charge in [-0.3, -0.25) is 9.48 Å². The highest BCUT2D eigenvalue weighted by Gasteiger charge is 2.16. The van der Waals surface area contributed by atoms with Gasteiger partial charge < -0.3 is 11.1 Å². The largest absolute Gasteiger partial charge is 0.393 e. The van der Waals surface area contributed by atoms with Crippen molar-refractivity contribution in [3.8, 4) is 0 Å². The van der Waals surface area contributed by atoms with Crippen LogP contribution in [0.3, 0.4) is 0 Å². The second kappa shape index (κ2) is 4.19. The lowest BCUT2D eigenvalue weighted by atomic mass is 10.2. The second-order valence-electron chi connectivity index (χ2n) is 2.99. The van der Waals surface area contributed by atoms with Gasteiger partial charge in [-0.1, -0.05) is 12.2 Å². The molecule has 6 heteroatoms. The summed E-state index contributed by atoms with van der Waals surface area (Å²) >= 11 is 4.71. The molecule has 0 bridgehead atoms. The van der Waals surface area contributed by atoms with Gasteiger partial charge in [0.1, 0.15) is 0 Å². The molecule has 1 aromatic rings. The van der Waals surface area contributed by atoms with Crippen molar-refractivity contribution in [3.63, 3.8) is 0 Å². The molecule has 0 aliphatic rings. The van der Waals surface area contributed by atoms with Crippen molar-refractivity contribution >= 4 is 28.9 Å². The van der Waals surface area contributed by atoms with Gasteiger partial charge in [-0.05, 0) is 6.92 Å². The highest BCUT2D eigenvalue weighted by Crippen LogP contribution is 2.04. The number of nitrogens with zero attached hydrogens (tertiary/aromatic N) is 2. The Labute approximate surface area is 87.3 Å². The van der Waals surface area contributed by atoms with Gasteiger partial charge in [-0.15, -0.1) is 0 Å². The number of nitrogens with two attached hydrogens (primary N) is 1. The van der Waals surface area contributed by atoms with Crippen LogP contribution < -0.4 is 11.1 Å². The molecule has 0 saturated carbocycles. The Hall–Kier alpha value is -1.43. The summed E-state index contributed by atoms with van der Waals surface area (Å²) in [6.45, 7) is 1.65. The van der Waals surface area contributed by atoms with E-state index in [2.05, 4.69) is 10.4 Å². The number of carbonyl (C=O) groups excluding carboxylic acids is 1. The molecule has 1 rings (SSSR count). The van der Waals surface area contributed by atoms with Crippen LogP contribution in [0.15, 0.2) is 12.3 Å². The lowest BCUT2D eigenvalue weighted by Crippen LogP contribution is -2.30. The molecule has 0 spiro atoms. The van der Waals surface area contributed by atoms with Gasteiger partial charge in [0.2, 0.25) is 5.91 Å². The van der Waals surface area contributed by atoms with Gasteiger partial charge in [-0.25, -0.2) is 0 Å². The molecule has 1 heterocycles. The fraction of sp³-hybridized carbons (Fsp3) is 0.375. The van der Waals surface area contributed by atoms with E-state index >= 15 is 0 Å². The second-order valence-corrected chi connectivity index (χ2v) is 3.46. The molecule has 0 aliphatic carbocycles. The quantitative estimate of drug-likeness (QED) is 0.706. The van der Waals surface area contributed by atoms with Crippen molar-refractivity contribution in [1.82, 2.24) is 9.78 Å². The zero-order valence-corrected chi connectivity index (χ0v) is 8.84. The summed E-state index contributed by atoms with van der Waals surface area (Å²) < 4.78 is 1.60. The molecular weight excluding hydrogens is 200 g/mol. The number of aromatic nitrogens is 2. The first-order valence-corrected chi connectivity index (χ1v) is 4.51. The van der Waals surface area contributed by atoms with Crippen LogP contribution in [-0.4, -0.2) is 20.7 Å². The third kappa shape index (κ3) is 2.53. The zero-order chi connectivity index (χ0) is 10.7. The topological polar surface area (TPSA) is 72.9 Å². The van der Waals surface area contributed by atoms with E-state index in [0.29, 0.717) is 5.82 Å². The third-order valence-electron chi connectivity index (χ3n) is 1.78. The molecule has 76 valence electrons.